The van der Waals surface area contributed by atoms with E-state index < -0.39 is 27.7 Å². The Morgan fingerprint density at radius 2 is 1.53 bits per heavy atom. The molecule has 2 N–H and O–H groups in total. The highest BCUT2D eigenvalue weighted by Crippen LogP contribution is 2.31. The molecule has 0 saturated heterocycles. The van der Waals surface area contributed by atoms with Crippen LogP contribution in [0.4, 0.5) is 18.9 Å². The number of hydrogen-bond donors (Lipinski definition) is 2. The normalized spacial score (nSPS) is 11.8. The number of carbonyl (C=O) groups is 1. The van der Waals surface area contributed by atoms with Crippen LogP contribution in [0.25, 0.3) is 0 Å². The predicted molar refractivity (Wildman–Crippen MR) is 116 cm³/mol. The maximum Gasteiger partial charge on any atom is 0.416 e. The van der Waals surface area contributed by atoms with E-state index in [-0.39, 0.29) is 29.0 Å². The number of para-hydroxylation sites is 1. The summed E-state index contributed by atoms with van der Waals surface area (Å²) in [6.45, 7) is 1.78. The molecule has 0 fully saturated rings. The van der Waals surface area contributed by atoms with Crippen LogP contribution in [0, 0.1) is 6.92 Å². The number of sulfonamides is 1. The summed E-state index contributed by atoms with van der Waals surface area (Å²) < 4.78 is 66.8. The van der Waals surface area contributed by atoms with Gasteiger partial charge in [0.15, 0.2) is 0 Å². The highest BCUT2D eigenvalue weighted by molar-refractivity contribution is 7.92. The molecular weight excluding hydrogens is 441 g/mol. The second-order valence-electron chi connectivity index (χ2n) is 7.11. The lowest BCUT2D eigenvalue weighted by molar-refractivity contribution is -0.138. The van der Waals surface area contributed by atoms with E-state index in [0.29, 0.717) is 5.69 Å². The molecule has 0 saturated carbocycles. The number of rotatable bonds is 7. The van der Waals surface area contributed by atoms with Crippen molar-refractivity contribution in [3.63, 3.8) is 0 Å². The van der Waals surface area contributed by atoms with E-state index >= 15 is 0 Å². The van der Waals surface area contributed by atoms with Gasteiger partial charge in [0, 0.05) is 12.1 Å². The van der Waals surface area contributed by atoms with Crippen molar-refractivity contribution < 1.29 is 26.4 Å². The summed E-state index contributed by atoms with van der Waals surface area (Å²) in [6, 6.07) is 17.4. The molecule has 168 valence electrons. The lowest BCUT2D eigenvalue weighted by atomic mass is 10.0. The molecule has 0 heterocycles. The molecule has 3 aromatic rings. The molecular formula is C23H21F3N2O3S. The van der Waals surface area contributed by atoms with Crippen molar-refractivity contribution in [1.29, 1.82) is 0 Å². The first kappa shape index (κ1) is 23.3. The molecule has 0 aliphatic carbocycles. The summed E-state index contributed by atoms with van der Waals surface area (Å²) in [6.07, 6.45) is -4.46. The highest BCUT2D eigenvalue weighted by atomic mass is 32.2. The summed E-state index contributed by atoms with van der Waals surface area (Å²) in [4.78, 5) is 12.3. The zero-order valence-corrected chi connectivity index (χ0v) is 17.9. The maximum absolute atomic E-state index is 13.1. The number of nitrogens with one attached hydrogen (secondary N) is 2. The second kappa shape index (κ2) is 9.44. The van der Waals surface area contributed by atoms with Crippen LogP contribution in [0.5, 0.6) is 0 Å². The molecule has 9 heteroatoms. The lowest BCUT2D eigenvalue weighted by Gasteiger charge is -2.13. The van der Waals surface area contributed by atoms with Gasteiger partial charge in [0.1, 0.15) is 0 Å². The molecule has 0 radical (unpaired) electrons. The van der Waals surface area contributed by atoms with Crippen molar-refractivity contribution in [3.05, 3.63) is 95.1 Å². The molecule has 3 rings (SSSR count). The van der Waals surface area contributed by atoms with Crippen LogP contribution in [-0.2, 0) is 22.6 Å². The Balaban J connectivity index is 1.63. The fourth-order valence-corrected chi connectivity index (χ4v) is 4.23. The second-order valence-corrected chi connectivity index (χ2v) is 8.79. The van der Waals surface area contributed by atoms with Crippen molar-refractivity contribution >= 4 is 21.6 Å². The fraction of sp³-hybridized carbons (Fsp3) is 0.174. The average molecular weight is 462 g/mol. The smallest absolute Gasteiger partial charge is 0.352 e. The number of amides is 1. The third-order valence-electron chi connectivity index (χ3n) is 4.82. The number of anilines is 1. The van der Waals surface area contributed by atoms with Crippen molar-refractivity contribution in [2.24, 2.45) is 0 Å². The third kappa shape index (κ3) is 5.67. The zero-order valence-electron chi connectivity index (χ0n) is 17.1. The molecule has 0 aliphatic rings. The quantitative estimate of drug-likeness (QED) is 0.530. The molecule has 0 atom stereocenters. The van der Waals surface area contributed by atoms with E-state index in [9.17, 15) is 26.4 Å². The topological polar surface area (TPSA) is 75.3 Å². The first-order valence-corrected chi connectivity index (χ1v) is 11.2. The number of halogens is 3. The Bertz CT molecular complexity index is 1210. The Kier molecular flexibility index (Phi) is 6.88. The van der Waals surface area contributed by atoms with Crippen LogP contribution in [0.1, 0.15) is 27.0 Å². The van der Waals surface area contributed by atoms with Crippen molar-refractivity contribution in [3.8, 4) is 0 Å². The minimum Gasteiger partial charge on any atom is -0.352 e. The molecule has 3 aromatic carbocycles. The SMILES string of the molecule is Cc1ccccc1NS(=O)(=O)c1ccc(C(=O)NCCc2ccccc2C(F)(F)F)cc1. The average Bonchev–Trinajstić information content (AvgIpc) is 2.75. The van der Waals surface area contributed by atoms with Crippen LogP contribution >= 0.6 is 0 Å². The van der Waals surface area contributed by atoms with Gasteiger partial charge >= 0.3 is 6.18 Å². The Morgan fingerprint density at radius 3 is 2.19 bits per heavy atom. The van der Waals surface area contributed by atoms with Crippen LogP contribution < -0.4 is 10.0 Å². The Labute approximate surface area is 184 Å². The lowest BCUT2D eigenvalue weighted by Crippen LogP contribution is -2.26. The maximum atomic E-state index is 13.1. The first-order chi connectivity index (χ1) is 15.1. The summed E-state index contributed by atoms with van der Waals surface area (Å²) in [5.41, 5.74) is 0.769. The molecule has 0 spiro atoms. The number of hydrogen-bond acceptors (Lipinski definition) is 3. The largest absolute Gasteiger partial charge is 0.416 e. The van der Waals surface area contributed by atoms with Crippen LogP contribution in [0.15, 0.2) is 77.7 Å². The monoisotopic (exact) mass is 462 g/mol. The van der Waals surface area contributed by atoms with Gasteiger partial charge in [0.05, 0.1) is 16.1 Å². The Morgan fingerprint density at radius 1 is 0.906 bits per heavy atom. The van der Waals surface area contributed by atoms with Gasteiger partial charge in [-0.2, -0.15) is 13.2 Å². The highest BCUT2D eigenvalue weighted by Gasteiger charge is 2.32. The van der Waals surface area contributed by atoms with Crippen molar-refractivity contribution in [2.75, 3.05) is 11.3 Å². The van der Waals surface area contributed by atoms with Crippen molar-refractivity contribution in [2.45, 2.75) is 24.4 Å². The van der Waals surface area contributed by atoms with Gasteiger partial charge in [-0.3, -0.25) is 9.52 Å². The van der Waals surface area contributed by atoms with Gasteiger partial charge in [-0.05, 0) is 60.9 Å². The summed E-state index contributed by atoms with van der Waals surface area (Å²) in [5.74, 6) is -0.509. The fourth-order valence-electron chi connectivity index (χ4n) is 3.10. The van der Waals surface area contributed by atoms with E-state index in [1.54, 1.807) is 31.2 Å². The third-order valence-corrected chi connectivity index (χ3v) is 6.20. The summed E-state index contributed by atoms with van der Waals surface area (Å²) in [7, 11) is -3.84. The number of benzene rings is 3. The molecule has 0 bridgehead atoms. The molecule has 0 unspecified atom stereocenters. The van der Waals surface area contributed by atoms with E-state index in [1.807, 2.05) is 0 Å². The van der Waals surface area contributed by atoms with Crippen LogP contribution in [-0.4, -0.2) is 20.9 Å². The van der Waals surface area contributed by atoms with Gasteiger partial charge in [-0.25, -0.2) is 8.42 Å². The minimum absolute atomic E-state index is 0.000810. The van der Waals surface area contributed by atoms with Gasteiger partial charge in [0.25, 0.3) is 15.9 Å². The minimum atomic E-state index is -4.46. The number of alkyl halides is 3. The number of carbonyl (C=O) groups excluding carboxylic acids is 1. The molecule has 5 nitrogen and oxygen atoms in total. The van der Waals surface area contributed by atoms with E-state index in [4.69, 9.17) is 0 Å². The van der Waals surface area contributed by atoms with Gasteiger partial charge in [-0.15, -0.1) is 0 Å². The molecule has 0 aliphatic heterocycles. The molecule has 0 aromatic heterocycles. The predicted octanol–water partition coefficient (Wildman–Crippen LogP) is 4.79. The summed E-state index contributed by atoms with van der Waals surface area (Å²) in [5, 5.41) is 2.56. The summed E-state index contributed by atoms with van der Waals surface area (Å²) >= 11 is 0. The standard InChI is InChI=1S/C23H21F3N2O3S/c1-16-6-2-5-9-21(16)28-32(30,31)19-12-10-18(11-13-19)22(29)27-15-14-17-7-3-4-8-20(17)23(24,25)26/h2-13,28H,14-15H2,1H3,(H,27,29). The van der Waals surface area contributed by atoms with Gasteiger partial charge in [0.2, 0.25) is 0 Å². The van der Waals surface area contributed by atoms with Crippen LogP contribution in [0.2, 0.25) is 0 Å². The van der Waals surface area contributed by atoms with Crippen molar-refractivity contribution in [1.82, 2.24) is 5.32 Å². The van der Waals surface area contributed by atoms with E-state index in [2.05, 4.69) is 10.0 Å². The Hall–Kier alpha value is -3.33. The van der Waals surface area contributed by atoms with E-state index in [0.717, 1.165) is 11.6 Å². The van der Waals surface area contributed by atoms with E-state index in [1.165, 1.54) is 42.5 Å². The van der Waals surface area contributed by atoms with Gasteiger partial charge < -0.3 is 5.32 Å². The van der Waals surface area contributed by atoms with Gasteiger partial charge in [-0.1, -0.05) is 36.4 Å². The van der Waals surface area contributed by atoms with Crippen LogP contribution in [0.3, 0.4) is 0 Å². The zero-order chi connectivity index (χ0) is 23.4. The molecule has 32 heavy (non-hydrogen) atoms. The number of aryl methyl sites for hydroxylation is 1. The molecule has 1 amide bonds. The first-order valence-electron chi connectivity index (χ1n) is 9.70.